The lowest BCUT2D eigenvalue weighted by Crippen LogP contribution is -2.12. The molecule has 1 aliphatic rings. The topological polar surface area (TPSA) is 9.23 Å². The smallest absolute Gasteiger partial charge is 0.0755 e. The van der Waals surface area contributed by atoms with Crippen molar-refractivity contribution in [2.24, 2.45) is 0 Å². The molecule has 1 unspecified atom stereocenters. The van der Waals surface area contributed by atoms with Gasteiger partial charge in [-0.3, -0.25) is 0 Å². The van der Waals surface area contributed by atoms with Gasteiger partial charge in [0.2, 0.25) is 0 Å². The lowest BCUT2D eigenvalue weighted by molar-refractivity contribution is 0.0750. The molecule has 0 N–H and O–H groups in total. The average molecular weight is 244 g/mol. The highest BCUT2D eigenvalue weighted by molar-refractivity contribution is 5.14. The van der Waals surface area contributed by atoms with Crippen LogP contribution in [0.5, 0.6) is 0 Å². The van der Waals surface area contributed by atoms with Gasteiger partial charge < -0.3 is 4.74 Å². The fraction of sp³-hybridized carbons (Fsp3) is 0.529. The molecule has 0 saturated heterocycles. The molecule has 0 spiro atoms. The van der Waals surface area contributed by atoms with Crippen molar-refractivity contribution < 1.29 is 4.74 Å². The molecule has 2 rings (SSSR count). The molecule has 1 aromatic carbocycles. The van der Waals surface area contributed by atoms with E-state index in [1.165, 1.54) is 37.7 Å². The normalized spacial score (nSPS) is 22.1. The second kappa shape index (κ2) is 8.10. The summed E-state index contributed by atoms with van der Waals surface area (Å²) in [6.07, 6.45) is 13.6. The third kappa shape index (κ3) is 5.05. The standard InChI is InChI=1S/C17H24O/c1-2-7-13-17(14-8-3-1)18-15-9-12-16-10-5-4-6-11-16/h4-7,10-11,13,17H,1-3,8-9,12,14-15H2/b13-7+. The first-order chi connectivity index (χ1) is 8.95. The molecule has 0 saturated carbocycles. The lowest BCUT2D eigenvalue weighted by atomic mass is 10.0. The van der Waals surface area contributed by atoms with Gasteiger partial charge in [0.05, 0.1) is 6.10 Å². The SMILES string of the molecule is C1=C/C(OCCCc2ccccc2)CCCCC/1. The third-order valence-corrected chi connectivity index (χ3v) is 3.49. The molecule has 1 aromatic rings. The van der Waals surface area contributed by atoms with Gasteiger partial charge in [0, 0.05) is 6.61 Å². The minimum absolute atomic E-state index is 0.362. The molecule has 1 heteroatoms. The Morgan fingerprint density at radius 1 is 1.06 bits per heavy atom. The number of benzene rings is 1. The zero-order valence-corrected chi connectivity index (χ0v) is 11.2. The van der Waals surface area contributed by atoms with Crippen molar-refractivity contribution in [2.45, 2.75) is 51.0 Å². The van der Waals surface area contributed by atoms with Crippen LogP contribution in [0, 0.1) is 0 Å². The van der Waals surface area contributed by atoms with Crippen molar-refractivity contribution in [3.63, 3.8) is 0 Å². The van der Waals surface area contributed by atoms with E-state index in [1.54, 1.807) is 0 Å². The maximum Gasteiger partial charge on any atom is 0.0755 e. The fourth-order valence-electron chi connectivity index (χ4n) is 2.42. The van der Waals surface area contributed by atoms with E-state index in [4.69, 9.17) is 4.74 Å². The number of ether oxygens (including phenoxy) is 1. The molecule has 1 nitrogen and oxygen atoms in total. The van der Waals surface area contributed by atoms with Crippen molar-refractivity contribution in [1.29, 1.82) is 0 Å². The Balaban J connectivity index is 1.64. The molecule has 1 aliphatic carbocycles. The summed E-state index contributed by atoms with van der Waals surface area (Å²) in [5, 5.41) is 0. The maximum atomic E-state index is 5.95. The molecule has 0 heterocycles. The first kappa shape index (κ1) is 13.4. The largest absolute Gasteiger partial charge is 0.374 e. The number of aryl methyl sites for hydroxylation is 1. The predicted molar refractivity (Wildman–Crippen MR) is 76.7 cm³/mol. The highest BCUT2D eigenvalue weighted by atomic mass is 16.5. The summed E-state index contributed by atoms with van der Waals surface area (Å²) in [5.41, 5.74) is 1.41. The molecular weight excluding hydrogens is 220 g/mol. The predicted octanol–water partition coefficient (Wildman–Crippen LogP) is 4.52. The Labute approximate surface area is 111 Å². The quantitative estimate of drug-likeness (QED) is 0.546. The monoisotopic (exact) mass is 244 g/mol. The van der Waals surface area contributed by atoms with Crippen LogP contribution in [0.1, 0.15) is 44.1 Å². The van der Waals surface area contributed by atoms with Crippen LogP contribution in [0.25, 0.3) is 0 Å². The van der Waals surface area contributed by atoms with E-state index < -0.39 is 0 Å². The first-order valence-electron chi connectivity index (χ1n) is 7.27. The van der Waals surface area contributed by atoms with Crippen LogP contribution in [-0.4, -0.2) is 12.7 Å². The summed E-state index contributed by atoms with van der Waals surface area (Å²) in [4.78, 5) is 0. The second-order valence-corrected chi connectivity index (χ2v) is 5.06. The molecule has 0 aromatic heterocycles. The van der Waals surface area contributed by atoms with Crippen LogP contribution in [0.15, 0.2) is 42.5 Å². The van der Waals surface area contributed by atoms with E-state index in [-0.39, 0.29) is 0 Å². The number of hydrogen-bond donors (Lipinski definition) is 0. The van der Waals surface area contributed by atoms with Gasteiger partial charge in [0.15, 0.2) is 0 Å². The van der Waals surface area contributed by atoms with Gasteiger partial charge in [-0.2, -0.15) is 0 Å². The Bertz CT molecular complexity index is 342. The van der Waals surface area contributed by atoms with E-state index in [0.717, 1.165) is 19.4 Å². The Kier molecular flexibility index (Phi) is 6.01. The Hall–Kier alpha value is -1.08. The van der Waals surface area contributed by atoms with Crippen LogP contribution >= 0.6 is 0 Å². The molecular formula is C17H24O. The van der Waals surface area contributed by atoms with Gasteiger partial charge in [-0.1, -0.05) is 55.3 Å². The summed E-state index contributed by atoms with van der Waals surface area (Å²) < 4.78 is 5.95. The molecule has 0 amide bonds. The van der Waals surface area contributed by atoms with Crippen molar-refractivity contribution in [3.8, 4) is 0 Å². The Morgan fingerprint density at radius 2 is 1.94 bits per heavy atom. The molecule has 0 bridgehead atoms. The number of hydrogen-bond acceptors (Lipinski definition) is 1. The lowest BCUT2D eigenvalue weighted by Gasteiger charge is -2.16. The van der Waals surface area contributed by atoms with E-state index in [9.17, 15) is 0 Å². The third-order valence-electron chi connectivity index (χ3n) is 3.49. The molecule has 0 fully saturated rings. The van der Waals surface area contributed by atoms with E-state index in [2.05, 4.69) is 42.5 Å². The van der Waals surface area contributed by atoms with Gasteiger partial charge >= 0.3 is 0 Å². The zero-order valence-electron chi connectivity index (χ0n) is 11.2. The van der Waals surface area contributed by atoms with E-state index >= 15 is 0 Å². The summed E-state index contributed by atoms with van der Waals surface area (Å²) in [5.74, 6) is 0. The van der Waals surface area contributed by atoms with Gasteiger partial charge in [-0.15, -0.1) is 0 Å². The highest BCUT2D eigenvalue weighted by Gasteiger charge is 2.06. The van der Waals surface area contributed by atoms with Crippen molar-refractivity contribution >= 4 is 0 Å². The second-order valence-electron chi connectivity index (χ2n) is 5.06. The molecule has 18 heavy (non-hydrogen) atoms. The van der Waals surface area contributed by atoms with Crippen LogP contribution in [0.3, 0.4) is 0 Å². The van der Waals surface area contributed by atoms with Crippen LogP contribution < -0.4 is 0 Å². The summed E-state index contributed by atoms with van der Waals surface area (Å²) >= 11 is 0. The minimum atomic E-state index is 0.362. The maximum absolute atomic E-state index is 5.95. The van der Waals surface area contributed by atoms with Gasteiger partial charge in [-0.25, -0.2) is 0 Å². The summed E-state index contributed by atoms with van der Waals surface area (Å²) in [6.45, 7) is 0.879. The fourth-order valence-corrected chi connectivity index (χ4v) is 2.42. The summed E-state index contributed by atoms with van der Waals surface area (Å²) in [7, 11) is 0. The van der Waals surface area contributed by atoms with Crippen LogP contribution in [-0.2, 0) is 11.2 Å². The van der Waals surface area contributed by atoms with Crippen molar-refractivity contribution in [2.75, 3.05) is 6.61 Å². The minimum Gasteiger partial charge on any atom is -0.374 e. The zero-order chi connectivity index (χ0) is 12.5. The molecule has 98 valence electrons. The van der Waals surface area contributed by atoms with Gasteiger partial charge in [0.25, 0.3) is 0 Å². The van der Waals surface area contributed by atoms with Crippen LogP contribution in [0.2, 0.25) is 0 Å². The van der Waals surface area contributed by atoms with Crippen LogP contribution in [0.4, 0.5) is 0 Å². The Morgan fingerprint density at radius 3 is 2.83 bits per heavy atom. The van der Waals surface area contributed by atoms with Gasteiger partial charge in [0.1, 0.15) is 0 Å². The van der Waals surface area contributed by atoms with Gasteiger partial charge in [-0.05, 0) is 37.7 Å². The number of rotatable bonds is 5. The molecule has 0 aliphatic heterocycles. The summed E-state index contributed by atoms with van der Waals surface area (Å²) in [6, 6.07) is 10.7. The molecule has 1 atom stereocenters. The number of allylic oxidation sites excluding steroid dienone is 1. The van der Waals surface area contributed by atoms with E-state index in [0.29, 0.717) is 6.10 Å². The first-order valence-corrected chi connectivity index (χ1v) is 7.27. The highest BCUT2D eigenvalue weighted by Crippen LogP contribution is 2.14. The van der Waals surface area contributed by atoms with Crippen molar-refractivity contribution in [1.82, 2.24) is 0 Å². The van der Waals surface area contributed by atoms with E-state index in [1.807, 2.05) is 0 Å². The van der Waals surface area contributed by atoms with Crippen molar-refractivity contribution in [3.05, 3.63) is 48.0 Å². The average Bonchev–Trinajstić information content (AvgIpc) is 2.38. The molecule has 0 radical (unpaired) electrons.